The van der Waals surface area contributed by atoms with Crippen LogP contribution in [0.25, 0.3) is 0 Å². The van der Waals surface area contributed by atoms with Gasteiger partial charge in [-0.15, -0.1) is 0 Å². The predicted molar refractivity (Wildman–Crippen MR) is 128 cm³/mol. The van der Waals surface area contributed by atoms with E-state index in [1.54, 1.807) is 24.3 Å². The molecule has 1 rings (SSSR count). The number of thioether (sulfide) groups is 1. The van der Waals surface area contributed by atoms with Gasteiger partial charge in [-0.1, -0.05) is 19.9 Å². The van der Waals surface area contributed by atoms with E-state index in [-0.39, 0.29) is 25.7 Å². The summed E-state index contributed by atoms with van der Waals surface area (Å²) >= 11 is 0.964. The van der Waals surface area contributed by atoms with E-state index >= 15 is 0 Å². The van der Waals surface area contributed by atoms with Gasteiger partial charge in [0.15, 0.2) is 5.44 Å². The molecule has 0 aromatic heterocycles. The maximum Gasteiger partial charge on any atom is 0.226 e. The molecule has 0 saturated heterocycles. The molecule has 0 radical (unpaired) electrons. The average Bonchev–Trinajstić information content (AvgIpc) is 2.79. The van der Waals surface area contributed by atoms with E-state index in [0.29, 0.717) is 57.1 Å². The molecule has 33 heavy (non-hydrogen) atoms. The lowest BCUT2D eigenvalue weighted by atomic mass is 10.3. The van der Waals surface area contributed by atoms with Crippen molar-refractivity contribution in [1.82, 2.24) is 5.32 Å². The fourth-order valence-corrected chi connectivity index (χ4v) is 2.87. The average molecular weight is 485 g/mol. The van der Waals surface area contributed by atoms with E-state index < -0.39 is 5.44 Å². The third kappa shape index (κ3) is 16.4. The summed E-state index contributed by atoms with van der Waals surface area (Å²) in [6, 6.07) is 7.46. The molecule has 1 aromatic carbocycles. The molecule has 1 atom stereocenters. The summed E-state index contributed by atoms with van der Waals surface area (Å²) in [6.45, 7) is 7.79. The number of ether oxygens (including phenoxy) is 5. The molecule has 0 heterocycles. The van der Waals surface area contributed by atoms with Crippen LogP contribution < -0.4 is 21.1 Å². The highest BCUT2D eigenvalue weighted by Gasteiger charge is 2.11. The Morgan fingerprint density at radius 2 is 1.88 bits per heavy atom. The lowest BCUT2D eigenvalue weighted by molar-refractivity contribution is -0.117. The van der Waals surface area contributed by atoms with Crippen molar-refractivity contribution in [3.63, 3.8) is 0 Å². The van der Waals surface area contributed by atoms with Crippen LogP contribution in [0.3, 0.4) is 0 Å². The maximum atomic E-state index is 12.1. The van der Waals surface area contributed by atoms with Gasteiger partial charge in [-0.3, -0.25) is 4.79 Å². The van der Waals surface area contributed by atoms with Crippen LogP contribution in [0.2, 0.25) is 0 Å². The van der Waals surface area contributed by atoms with Gasteiger partial charge in [-0.25, -0.2) is 0 Å². The molecule has 0 aliphatic carbocycles. The lowest BCUT2D eigenvalue weighted by Crippen LogP contribution is -2.27. The molecule has 1 unspecified atom stereocenters. The number of nitrogens with zero attached hydrogens (tertiary/aromatic N) is 1. The Labute approximate surface area is 200 Å². The van der Waals surface area contributed by atoms with Crippen LogP contribution in [0, 0.1) is 10.7 Å². The number of benzene rings is 1. The molecule has 0 spiro atoms. The molecule has 0 bridgehead atoms. The number of thiocyanates is 1. The van der Waals surface area contributed by atoms with Gasteiger partial charge in [0, 0.05) is 24.3 Å². The summed E-state index contributed by atoms with van der Waals surface area (Å²) in [6.07, 6.45) is 0.236. The summed E-state index contributed by atoms with van der Waals surface area (Å²) in [7, 11) is 0. The highest BCUT2D eigenvalue weighted by atomic mass is 32.2. The number of hydrogen-bond donors (Lipinski definition) is 3. The number of nitrogens with two attached hydrogens (primary N) is 1. The number of rotatable bonds is 20. The lowest BCUT2D eigenvalue weighted by Gasteiger charge is -2.15. The summed E-state index contributed by atoms with van der Waals surface area (Å²) in [4.78, 5) is 12.1. The Bertz CT molecular complexity index is 689. The van der Waals surface area contributed by atoms with Crippen LogP contribution in [0.1, 0.15) is 20.3 Å². The standard InChI is InChI=1S/C22H36N4O6S/c1-18(2)25-7-9-29-11-10-28-8-6-21(27)26-19-4-3-5-20(14-19)32-15-22(33-17-24)31-13-12-30-16-23/h3-5,14,18,22,25H,6-13,15-16,23H2,1-2H3,(H,26,27). The minimum atomic E-state index is -0.470. The third-order valence-corrected chi connectivity index (χ3v) is 4.62. The zero-order valence-corrected chi connectivity index (χ0v) is 20.2. The molecule has 1 amide bonds. The topological polar surface area (TPSA) is 137 Å². The van der Waals surface area contributed by atoms with Gasteiger partial charge in [0.2, 0.25) is 5.91 Å². The maximum absolute atomic E-state index is 12.1. The highest BCUT2D eigenvalue weighted by molar-refractivity contribution is 8.04. The summed E-state index contributed by atoms with van der Waals surface area (Å²) < 4.78 is 27.1. The Morgan fingerprint density at radius 1 is 1.12 bits per heavy atom. The summed E-state index contributed by atoms with van der Waals surface area (Å²) in [5.41, 5.74) is 5.39. The molecule has 0 saturated carbocycles. The first-order chi connectivity index (χ1) is 16.0. The number of hydrogen-bond acceptors (Lipinski definition) is 10. The molecule has 10 nitrogen and oxygen atoms in total. The van der Waals surface area contributed by atoms with Crippen molar-refractivity contribution in [2.45, 2.75) is 31.7 Å². The summed E-state index contributed by atoms with van der Waals surface area (Å²) in [5.74, 6) is 0.397. The van der Waals surface area contributed by atoms with Crippen LogP contribution in [0.5, 0.6) is 5.75 Å². The van der Waals surface area contributed by atoms with Crippen LogP contribution >= 0.6 is 11.8 Å². The van der Waals surface area contributed by atoms with Crippen molar-refractivity contribution < 1.29 is 28.5 Å². The minimum absolute atomic E-state index is 0.117. The fraction of sp³-hybridized carbons (Fsp3) is 0.636. The molecular weight excluding hydrogens is 448 g/mol. The van der Waals surface area contributed by atoms with Crippen molar-refractivity contribution in [1.29, 1.82) is 5.26 Å². The highest BCUT2D eigenvalue weighted by Crippen LogP contribution is 2.20. The molecule has 4 N–H and O–H groups in total. The number of nitriles is 1. The van der Waals surface area contributed by atoms with E-state index in [2.05, 4.69) is 24.5 Å². The van der Waals surface area contributed by atoms with E-state index in [1.165, 1.54) is 0 Å². The smallest absolute Gasteiger partial charge is 0.226 e. The van der Waals surface area contributed by atoms with E-state index in [0.717, 1.165) is 18.3 Å². The van der Waals surface area contributed by atoms with Gasteiger partial charge < -0.3 is 40.1 Å². The largest absolute Gasteiger partial charge is 0.490 e. The Balaban J connectivity index is 2.24. The molecule has 0 aliphatic rings. The molecule has 0 fully saturated rings. The zero-order chi connectivity index (χ0) is 24.2. The second-order valence-corrected chi connectivity index (χ2v) is 8.00. The van der Waals surface area contributed by atoms with Crippen molar-refractivity contribution in [2.75, 3.05) is 64.8 Å². The second kappa shape index (κ2) is 19.5. The number of carbonyl (C=O) groups excluding carboxylic acids is 1. The summed E-state index contributed by atoms with van der Waals surface area (Å²) in [5, 5.41) is 17.0. The molecule has 186 valence electrons. The molecule has 0 aliphatic heterocycles. The second-order valence-electron chi connectivity index (χ2n) is 7.05. The van der Waals surface area contributed by atoms with Crippen LogP contribution in [0.4, 0.5) is 5.69 Å². The van der Waals surface area contributed by atoms with Gasteiger partial charge >= 0.3 is 0 Å². The SMILES string of the molecule is CC(C)NCCOCCOCCC(=O)Nc1cccc(OCC(OCCOCN)SC#N)c1. The Kier molecular flexibility index (Phi) is 17.3. The normalized spacial score (nSPS) is 11.8. The van der Waals surface area contributed by atoms with Crippen molar-refractivity contribution in [3.05, 3.63) is 24.3 Å². The van der Waals surface area contributed by atoms with Gasteiger partial charge in [0.25, 0.3) is 0 Å². The minimum Gasteiger partial charge on any atom is -0.490 e. The van der Waals surface area contributed by atoms with Crippen molar-refractivity contribution in [3.8, 4) is 11.2 Å². The monoisotopic (exact) mass is 484 g/mol. The van der Waals surface area contributed by atoms with Gasteiger partial charge in [-0.2, -0.15) is 5.26 Å². The fourth-order valence-electron chi connectivity index (χ4n) is 2.45. The van der Waals surface area contributed by atoms with Gasteiger partial charge in [-0.05, 0) is 23.9 Å². The van der Waals surface area contributed by atoms with Crippen LogP contribution in [-0.4, -0.2) is 76.9 Å². The predicted octanol–water partition coefficient (Wildman–Crippen LogP) is 1.91. The van der Waals surface area contributed by atoms with E-state index in [4.69, 9.17) is 34.7 Å². The van der Waals surface area contributed by atoms with Gasteiger partial charge in [0.05, 0.1) is 52.8 Å². The quantitative estimate of drug-likeness (QED) is 0.143. The third-order valence-electron chi connectivity index (χ3n) is 3.98. The molecule has 11 heteroatoms. The van der Waals surface area contributed by atoms with Crippen LogP contribution in [-0.2, 0) is 23.7 Å². The first kappa shape index (κ1) is 29.1. The number of nitrogens with one attached hydrogen (secondary N) is 2. The molecular formula is C22H36N4O6S. The number of anilines is 1. The number of carbonyl (C=O) groups is 1. The number of amides is 1. The van der Waals surface area contributed by atoms with E-state index in [9.17, 15) is 4.79 Å². The first-order valence-corrected chi connectivity index (χ1v) is 11.8. The molecule has 1 aromatic rings. The van der Waals surface area contributed by atoms with Gasteiger partial charge in [0.1, 0.15) is 17.8 Å². The van der Waals surface area contributed by atoms with Crippen molar-refractivity contribution in [2.24, 2.45) is 5.73 Å². The zero-order valence-electron chi connectivity index (χ0n) is 19.4. The van der Waals surface area contributed by atoms with Crippen LogP contribution in [0.15, 0.2) is 24.3 Å². The Morgan fingerprint density at radius 3 is 2.61 bits per heavy atom. The first-order valence-electron chi connectivity index (χ1n) is 10.9. The van der Waals surface area contributed by atoms with E-state index in [1.807, 2.05) is 5.40 Å². The Hall–Kier alpha value is -1.91. The van der Waals surface area contributed by atoms with Crippen molar-refractivity contribution >= 4 is 23.4 Å².